The molecule has 0 atom stereocenters. The van der Waals surface area contributed by atoms with Crippen molar-refractivity contribution in [3.8, 4) is 11.1 Å². The zero-order valence-corrected chi connectivity index (χ0v) is 9.65. The number of hydrogen-bond acceptors (Lipinski definition) is 0. The van der Waals surface area contributed by atoms with Crippen LogP contribution in [0.3, 0.4) is 0 Å². The Kier molecular flexibility index (Phi) is 3.11. The third-order valence-electron chi connectivity index (χ3n) is 2.48. The Labute approximate surface area is 102 Å². The lowest BCUT2D eigenvalue weighted by Gasteiger charge is -2.10. The lowest BCUT2D eigenvalue weighted by Crippen LogP contribution is -1.94. The van der Waals surface area contributed by atoms with Gasteiger partial charge in [-0.15, -0.1) is 0 Å². The molecule has 0 saturated heterocycles. The van der Waals surface area contributed by atoms with E-state index in [9.17, 15) is 13.2 Å². The molecule has 4 heteroatoms. The van der Waals surface area contributed by atoms with Crippen molar-refractivity contribution in [3.63, 3.8) is 0 Å². The normalized spacial score (nSPS) is 10.6. The van der Waals surface area contributed by atoms with Crippen molar-refractivity contribution < 1.29 is 13.2 Å². The second kappa shape index (κ2) is 4.41. The summed E-state index contributed by atoms with van der Waals surface area (Å²) in [5.41, 5.74) is 0.803. The maximum atomic E-state index is 13.6. The second-order valence-electron chi connectivity index (χ2n) is 3.68. The Bertz CT molecular complexity index is 559. The molecule has 0 heterocycles. The summed E-state index contributed by atoms with van der Waals surface area (Å²) in [6, 6.07) is 6.38. The maximum absolute atomic E-state index is 13.6. The van der Waals surface area contributed by atoms with E-state index in [0.717, 1.165) is 6.07 Å². The van der Waals surface area contributed by atoms with Gasteiger partial charge >= 0.3 is 0 Å². The molecule has 17 heavy (non-hydrogen) atoms. The molecule has 2 rings (SSSR count). The summed E-state index contributed by atoms with van der Waals surface area (Å²) in [5, 5.41) is 0.258. The van der Waals surface area contributed by atoms with Gasteiger partial charge in [0.25, 0.3) is 0 Å². The van der Waals surface area contributed by atoms with Crippen molar-refractivity contribution in [1.29, 1.82) is 0 Å². The van der Waals surface area contributed by atoms with E-state index in [1.165, 1.54) is 0 Å². The molecular formula is C13H8ClF3. The quantitative estimate of drug-likeness (QED) is 0.647. The molecule has 88 valence electrons. The molecule has 0 radical (unpaired) electrons. The zero-order chi connectivity index (χ0) is 12.6. The van der Waals surface area contributed by atoms with Crippen molar-refractivity contribution in [3.05, 3.63) is 58.4 Å². The summed E-state index contributed by atoms with van der Waals surface area (Å²) in [7, 11) is 0. The first kappa shape index (κ1) is 12.0. The Hall–Kier alpha value is -1.48. The van der Waals surface area contributed by atoms with E-state index in [1.54, 1.807) is 25.1 Å². The van der Waals surface area contributed by atoms with E-state index in [-0.39, 0.29) is 10.6 Å². The number of aryl methyl sites for hydroxylation is 1. The molecule has 0 saturated carbocycles. The molecule has 0 aliphatic rings. The number of halogens is 4. The van der Waals surface area contributed by atoms with E-state index >= 15 is 0 Å². The van der Waals surface area contributed by atoms with Gasteiger partial charge in [0, 0.05) is 22.2 Å². The topological polar surface area (TPSA) is 0 Å². The summed E-state index contributed by atoms with van der Waals surface area (Å²) < 4.78 is 39.9. The highest BCUT2D eigenvalue weighted by Gasteiger charge is 2.16. The van der Waals surface area contributed by atoms with Gasteiger partial charge in [0.05, 0.1) is 0 Å². The minimum absolute atomic E-state index is 0.161. The van der Waals surface area contributed by atoms with Crippen LogP contribution in [0.15, 0.2) is 30.3 Å². The van der Waals surface area contributed by atoms with Crippen molar-refractivity contribution in [1.82, 2.24) is 0 Å². The Morgan fingerprint density at radius 2 is 1.76 bits per heavy atom. The molecule has 0 aliphatic carbocycles. The van der Waals surface area contributed by atoms with Crippen molar-refractivity contribution in [2.75, 3.05) is 0 Å². The van der Waals surface area contributed by atoms with Gasteiger partial charge in [-0.25, -0.2) is 13.2 Å². The van der Waals surface area contributed by atoms with Gasteiger partial charge in [0.15, 0.2) is 11.6 Å². The SMILES string of the molecule is Cc1cccc(Cl)c1-c1cc(F)cc(F)c1F. The molecule has 0 spiro atoms. The molecule has 2 aromatic carbocycles. The van der Waals surface area contributed by atoms with Crippen molar-refractivity contribution in [2.24, 2.45) is 0 Å². The smallest absolute Gasteiger partial charge is 0.166 e. The second-order valence-corrected chi connectivity index (χ2v) is 4.09. The number of rotatable bonds is 1. The number of benzene rings is 2. The van der Waals surface area contributed by atoms with Crippen LogP contribution < -0.4 is 0 Å². The monoisotopic (exact) mass is 256 g/mol. The molecule has 0 nitrogen and oxygen atoms in total. The van der Waals surface area contributed by atoms with Crippen molar-refractivity contribution in [2.45, 2.75) is 6.92 Å². The van der Waals surface area contributed by atoms with Gasteiger partial charge in [0.1, 0.15) is 5.82 Å². The molecule has 0 aliphatic heterocycles. The summed E-state index contributed by atoms with van der Waals surface area (Å²) in [6.45, 7) is 1.70. The molecule has 0 unspecified atom stereocenters. The van der Waals surface area contributed by atoms with E-state index in [4.69, 9.17) is 11.6 Å². The fraction of sp³-hybridized carbons (Fsp3) is 0.0769. The Morgan fingerprint density at radius 1 is 1.06 bits per heavy atom. The molecule has 0 fully saturated rings. The summed E-state index contributed by atoms with van der Waals surface area (Å²) in [5.74, 6) is -3.15. The molecule has 0 N–H and O–H groups in total. The van der Waals surface area contributed by atoms with Gasteiger partial charge in [-0.1, -0.05) is 23.7 Å². The van der Waals surface area contributed by atoms with E-state index < -0.39 is 17.5 Å². The van der Waals surface area contributed by atoms with Crippen LogP contribution in [0.4, 0.5) is 13.2 Å². The zero-order valence-electron chi connectivity index (χ0n) is 8.90. The van der Waals surface area contributed by atoms with Crippen LogP contribution in [0.5, 0.6) is 0 Å². The van der Waals surface area contributed by atoms with E-state index in [0.29, 0.717) is 17.2 Å². The third-order valence-corrected chi connectivity index (χ3v) is 2.80. The molecular weight excluding hydrogens is 249 g/mol. The van der Waals surface area contributed by atoms with E-state index in [1.807, 2.05) is 0 Å². The molecule has 0 bridgehead atoms. The highest BCUT2D eigenvalue weighted by atomic mass is 35.5. The summed E-state index contributed by atoms with van der Waals surface area (Å²) in [4.78, 5) is 0. The van der Waals surface area contributed by atoms with Crippen LogP contribution >= 0.6 is 11.6 Å². The first-order valence-corrected chi connectivity index (χ1v) is 5.28. The Balaban J connectivity index is 2.77. The average Bonchev–Trinajstić information content (AvgIpc) is 2.24. The minimum atomic E-state index is -1.22. The van der Waals surface area contributed by atoms with Crippen LogP contribution in [0.1, 0.15) is 5.56 Å². The Morgan fingerprint density at radius 3 is 2.41 bits per heavy atom. The predicted molar refractivity (Wildman–Crippen MR) is 61.5 cm³/mol. The minimum Gasteiger partial charge on any atom is -0.207 e. The van der Waals surface area contributed by atoms with Crippen molar-refractivity contribution >= 4 is 11.6 Å². The first-order valence-electron chi connectivity index (χ1n) is 4.90. The van der Waals surface area contributed by atoms with Crippen LogP contribution in [-0.4, -0.2) is 0 Å². The molecule has 0 aromatic heterocycles. The highest BCUT2D eigenvalue weighted by Crippen LogP contribution is 2.34. The van der Waals surface area contributed by atoms with Crippen LogP contribution in [-0.2, 0) is 0 Å². The van der Waals surface area contributed by atoms with Gasteiger partial charge in [-0.2, -0.15) is 0 Å². The standard InChI is InChI=1S/C13H8ClF3/c1-7-3-2-4-10(14)12(7)9-5-8(15)6-11(16)13(9)17/h2-6H,1H3. The van der Waals surface area contributed by atoms with Crippen LogP contribution in [0.2, 0.25) is 5.02 Å². The molecule has 2 aromatic rings. The van der Waals surface area contributed by atoms with Gasteiger partial charge in [-0.05, 0) is 24.6 Å². The van der Waals surface area contributed by atoms with E-state index in [2.05, 4.69) is 0 Å². The fourth-order valence-electron chi connectivity index (χ4n) is 1.71. The molecule has 0 amide bonds. The van der Waals surface area contributed by atoms with Gasteiger partial charge in [0.2, 0.25) is 0 Å². The highest BCUT2D eigenvalue weighted by molar-refractivity contribution is 6.33. The largest absolute Gasteiger partial charge is 0.207 e. The first-order chi connectivity index (χ1) is 8.00. The third kappa shape index (κ3) is 2.15. The lowest BCUT2D eigenvalue weighted by atomic mass is 10.00. The maximum Gasteiger partial charge on any atom is 0.166 e. The van der Waals surface area contributed by atoms with Gasteiger partial charge < -0.3 is 0 Å². The van der Waals surface area contributed by atoms with Gasteiger partial charge in [-0.3, -0.25) is 0 Å². The van der Waals surface area contributed by atoms with Crippen LogP contribution in [0.25, 0.3) is 11.1 Å². The summed E-state index contributed by atoms with van der Waals surface area (Å²) >= 11 is 5.93. The lowest BCUT2D eigenvalue weighted by molar-refractivity contribution is 0.497. The number of hydrogen-bond donors (Lipinski definition) is 0. The summed E-state index contributed by atoms with van der Waals surface area (Å²) in [6.07, 6.45) is 0. The average molecular weight is 257 g/mol. The fourth-order valence-corrected chi connectivity index (χ4v) is 2.03. The predicted octanol–water partition coefficient (Wildman–Crippen LogP) is 4.73. The van der Waals surface area contributed by atoms with Crippen LogP contribution in [0, 0.1) is 24.4 Å².